The average molecular weight is 574 g/mol. The highest BCUT2D eigenvalue weighted by atomic mass is 19.4. The predicted molar refractivity (Wildman–Crippen MR) is 164 cm³/mol. The van der Waals surface area contributed by atoms with E-state index in [-0.39, 0.29) is 27.7 Å². The van der Waals surface area contributed by atoms with Gasteiger partial charge >= 0.3 is 6.18 Å². The molecule has 0 radical (unpaired) electrons. The summed E-state index contributed by atoms with van der Waals surface area (Å²) in [7, 11) is 0. The Morgan fingerprint density at radius 1 is 0.744 bits per heavy atom. The molecule has 5 aromatic rings. The standard InChI is InChI=1S/C37H26F3NO2/c1-36(2)30-10-6-7-11-31(30)41(25-8-4-3-5-9-25)32-17-14-24-18-22(12-15-26(24)33(32)36)19-29-34(42)27-16-13-23(21-37(38,39)40)20-28(27)35(29)43/h3-20H,21H2,1-2H3/b29-19-. The molecule has 0 N–H and O–H groups in total. The van der Waals surface area contributed by atoms with E-state index in [9.17, 15) is 22.8 Å². The molecule has 0 spiro atoms. The second-order valence-electron chi connectivity index (χ2n) is 11.6. The molecular formula is C37H26F3NO2. The molecule has 0 saturated carbocycles. The van der Waals surface area contributed by atoms with E-state index < -0.39 is 24.2 Å². The van der Waals surface area contributed by atoms with Crippen molar-refractivity contribution < 1.29 is 22.8 Å². The number of halogens is 3. The van der Waals surface area contributed by atoms with Gasteiger partial charge in [0.05, 0.1) is 23.4 Å². The maximum atomic E-state index is 13.2. The third-order valence-corrected chi connectivity index (χ3v) is 8.50. The van der Waals surface area contributed by atoms with Crippen molar-refractivity contribution in [3.05, 3.63) is 142 Å². The first kappa shape index (κ1) is 26.9. The van der Waals surface area contributed by atoms with Crippen LogP contribution in [-0.4, -0.2) is 17.7 Å². The second kappa shape index (κ2) is 9.53. The number of anilines is 3. The fourth-order valence-electron chi connectivity index (χ4n) is 6.60. The lowest BCUT2D eigenvalue weighted by Crippen LogP contribution is -2.30. The van der Waals surface area contributed by atoms with E-state index in [2.05, 4.69) is 61.2 Å². The number of carbonyl (C=O) groups is 2. The summed E-state index contributed by atoms with van der Waals surface area (Å²) in [5.74, 6) is -1.02. The number of benzene rings is 5. The van der Waals surface area contributed by atoms with E-state index in [4.69, 9.17) is 0 Å². The third kappa shape index (κ3) is 4.36. The number of rotatable bonds is 3. The Balaban J connectivity index is 1.32. The van der Waals surface area contributed by atoms with Gasteiger partial charge < -0.3 is 4.90 Å². The third-order valence-electron chi connectivity index (χ3n) is 8.50. The lowest BCUT2D eigenvalue weighted by atomic mass is 9.71. The van der Waals surface area contributed by atoms with Crippen molar-refractivity contribution in [3.8, 4) is 0 Å². The smallest absolute Gasteiger partial charge is 0.310 e. The van der Waals surface area contributed by atoms with E-state index in [1.54, 1.807) is 6.08 Å². The molecule has 0 bridgehead atoms. The number of Topliss-reactive ketones (excluding diaryl/α,β-unsaturated/α-hetero) is 2. The van der Waals surface area contributed by atoms with Crippen molar-refractivity contribution in [2.75, 3.05) is 4.90 Å². The van der Waals surface area contributed by atoms with Crippen molar-refractivity contribution in [1.82, 2.24) is 0 Å². The Morgan fingerprint density at radius 2 is 1.47 bits per heavy atom. The van der Waals surface area contributed by atoms with Crippen LogP contribution in [0.1, 0.15) is 56.8 Å². The molecule has 0 amide bonds. The summed E-state index contributed by atoms with van der Waals surface area (Å²) in [4.78, 5) is 28.6. The van der Waals surface area contributed by atoms with Gasteiger partial charge in [0.15, 0.2) is 11.6 Å². The number of nitrogens with zero attached hydrogens (tertiary/aromatic N) is 1. The quantitative estimate of drug-likeness (QED) is 0.159. The van der Waals surface area contributed by atoms with Crippen LogP contribution in [0.15, 0.2) is 109 Å². The molecular weight excluding hydrogens is 547 g/mol. The second-order valence-corrected chi connectivity index (χ2v) is 11.6. The highest BCUT2D eigenvalue weighted by Crippen LogP contribution is 2.53. The van der Waals surface area contributed by atoms with Crippen molar-refractivity contribution in [2.45, 2.75) is 31.9 Å². The summed E-state index contributed by atoms with van der Waals surface area (Å²) >= 11 is 0. The highest BCUT2D eigenvalue weighted by molar-refractivity contribution is 6.41. The predicted octanol–water partition coefficient (Wildman–Crippen LogP) is 9.52. The monoisotopic (exact) mass is 573 g/mol. The van der Waals surface area contributed by atoms with Gasteiger partial charge in [-0.1, -0.05) is 80.6 Å². The molecule has 0 aromatic heterocycles. The fourth-order valence-corrected chi connectivity index (χ4v) is 6.60. The van der Waals surface area contributed by atoms with Crippen LogP contribution in [0.5, 0.6) is 0 Å². The summed E-state index contributed by atoms with van der Waals surface area (Å²) in [6.07, 6.45) is -4.01. The minimum absolute atomic E-state index is 0.0225. The summed E-state index contributed by atoms with van der Waals surface area (Å²) < 4.78 is 38.8. The van der Waals surface area contributed by atoms with E-state index in [1.165, 1.54) is 29.3 Å². The zero-order valence-corrected chi connectivity index (χ0v) is 23.5. The minimum Gasteiger partial charge on any atom is -0.310 e. The van der Waals surface area contributed by atoms with Crippen LogP contribution in [0.3, 0.4) is 0 Å². The molecule has 212 valence electrons. The molecule has 3 nitrogen and oxygen atoms in total. The highest BCUT2D eigenvalue weighted by Gasteiger charge is 2.38. The number of allylic oxidation sites excluding steroid dienone is 1. The van der Waals surface area contributed by atoms with Gasteiger partial charge in [-0.15, -0.1) is 0 Å². The maximum Gasteiger partial charge on any atom is 0.393 e. The number of hydrogen-bond donors (Lipinski definition) is 0. The number of carbonyl (C=O) groups excluding carboxylic acids is 2. The van der Waals surface area contributed by atoms with Crippen LogP contribution >= 0.6 is 0 Å². The van der Waals surface area contributed by atoms with Gasteiger partial charge in [0, 0.05) is 22.2 Å². The van der Waals surface area contributed by atoms with Crippen LogP contribution in [0.4, 0.5) is 30.2 Å². The van der Waals surface area contributed by atoms with Crippen LogP contribution in [0.25, 0.3) is 16.8 Å². The molecule has 0 atom stereocenters. The van der Waals surface area contributed by atoms with Gasteiger partial charge in [-0.2, -0.15) is 13.2 Å². The maximum absolute atomic E-state index is 13.2. The van der Waals surface area contributed by atoms with Crippen molar-refractivity contribution in [3.63, 3.8) is 0 Å². The van der Waals surface area contributed by atoms with E-state index in [0.29, 0.717) is 5.56 Å². The summed E-state index contributed by atoms with van der Waals surface area (Å²) in [5.41, 5.74) is 6.07. The lowest BCUT2D eigenvalue weighted by Gasteiger charge is -2.42. The molecule has 0 unspecified atom stereocenters. The number of hydrogen-bond acceptors (Lipinski definition) is 3. The Kier molecular flexibility index (Phi) is 5.96. The van der Waals surface area contributed by atoms with Crippen LogP contribution < -0.4 is 4.90 Å². The van der Waals surface area contributed by atoms with Gasteiger partial charge in [-0.25, -0.2) is 0 Å². The molecule has 0 fully saturated rings. The molecule has 43 heavy (non-hydrogen) atoms. The lowest BCUT2D eigenvalue weighted by molar-refractivity contribution is -0.127. The number of fused-ring (bicyclic) bond motifs is 5. The van der Waals surface area contributed by atoms with Gasteiger partial charge in [0.1, 0.15) is 0 Å². The first-order valence-electron chi connectivity index (χ1n) is 14.1. The molecule has 1 aliphatic carbocycles. The van der Waals surface area contributed by atoms with Crippen LogP contribution in [0.2, 0.25) is 0 Å². The van der Waals surface area contributed by atoms with Crippen molar-refractivity contribution >= 4 is 45.5 Å². The summed E-state index contributed by atoms with van der Waals surface area (Å²) in [5, 5.41) is 2.01. The van der Waals surface area contributed by atoms with E-state index in [1.807, 2.05) is 42.5 Å². The number of alkyl halides is 3. The van der Waals surface area contributed by atoms with Crippen LogP contribution in [-0.2, 0) is 11.8 Å². The Morgan fingerprint density at radius 3 is 2.23 bits per heavy atom. The van der Waals surface area contributed by atoms with Crippen LogP contribution in [0, 0.1) is 0 Å². The zero-order chi connectivity index (χ0) is 30.1. The molecule has 1 aliphatic heterocycles. The van der Waals surface area contributed by atoms with Gasteiger partial charge in [0.25, 0.3) is 0 Å². The van der Waals surface area contributed by atoms with Gasteiger partial charge in [-0.3, -0.25) is 9.59 Å². The summed E-state index contributed by atoms with van der Waals surface area (Å²) in [6, 6.07) is 32.5. The molecule has 6 heteroatoms. The minimum atomic E-state index is -4.41. The molecule has 0 saturated heterocycles. The normalized spacial score (nSPS) is 16.4. The SMILES string of the molecule is CC1(C)c2ccccc2N(c2ccccc2)c2ccc3cc(/C=C4/C(=O)c5ccc(CC(F)(F)F)cc5C4=O)ccc3c21. The van der Waals surface area contributed by atoms with Crippen molar-refractivity contribution in [2.24, 2.45) is 0 Å². The fraction of sp³-hybridized carbons (Fsp3) is 0.135. The van der Waals surface area contributed by atoms with Crippen molar-refractivity contribution in [1.29, 1.82) is 0 Å². The van der Waals surface area contributed by atoms with E-state index >= 15 is 0 Å². The van der Waals surface area contributed by atoms with E-state index in [0.717, 1.165) is 27.8 Å². The Labute approximate surface area is 246 Å². The zero-order valence-electron chi connectivity index (χ0n) is 23.5. The first-order valence-corrected chi connectivity index (χ1v) is 14.1. The first-order chi connectivity index (χ1) is 20.5. The molecule has 7 rings (SSSR count). The Hall–Kier alpha value is -4.97. The largest absolute Gasteiger partial charge is 0.393 e. The van der Waals surface area contributed by atoms with Gasteiger partial charge in [0.2, 0.25) is 0 Å². The summed E-state index contributed by atoms with van der Waals surface area (Å²) in [6.45, 7) is 4.45. The number of ketones is 2. The molecule has 1 heterocycles. The topological polar surface area (TPSA) is 37.4 Å². The van der Waals surface area contributed by atoms with Gasteiger partial charge in [-0.05, 0) is 75.5 Å². The molecule has 2 aliphatic rings. The average Bonchev–Trinajstić information content (AvgIpc) is 3.21. The number of para-hydroxylation sites is 2. The molecule has 5 aromatic carbocycles. The Bertz CT molecular complexity index is 2000.